The van der Waals surface area contributed by atoms with Gasteiger partial charge in [-0.2, -0.15) is 0 Å². The summed E-state index contributed by atoms with van der Waals surface area (Å²) in [5.74, 6) is -0.390. The molecule has 4 rings (SSSR count). The summed E-state index contributed by atoms with van der Waals surface area (Å²) in [5, 5.41) is 1.23. The van der Waals surface area contributed by atoms with Gasteiger partial charge in [-0.1, -0.05) is 18.2 Å². The largest absolute Gasteiger partial charge is 1.00 e. The van der Waals surface area contributed by atoms with E-state index in [9.17, 15) is 9.18 Å². The summed E-state index contributed by atoms with van der Waals surface area (Å²) in [5.41, 5.74) is 4.11. The average Bonchev–Trinajstić information content (AvgIpc) is 2.99. The molecule has 3 aromatic rings. The Balaban J connectivity index is 0.00000210. The van der Waals surface area contributed by atoms with Crippen molar-refractivity contribution in [2.45, 2.75) is 13.0 Å². The van der Waals surface area contributed by atoms with E-state index in [-0.39, 0.29) is 28.5 Å². The second-order valence-electron chi connectivity index (χ2n) is 7.31. The Morgan fingerprint density at radius 3 is 2.78 bits per heavy atom. The second kappa shape index (κ2) is 7.44. The Morgan fingerprint density at radius 1 is 1.26 bits per heavy atom. The molecule has 0 saturated heterocycles. The van der Waals surface area contributed by atoms with Crippen molar-refractivity contribution >= 4 is 16.7 Å². The van der Waals surface area contributed by atoms with Gasteiger partial charge in [0.15, 0.2) is 11.6 Å². The number of carbonyl (C=O) groups is 1. The number of hydrogen-bond donors (Lipinski definition) is 1. The number of Topliss-reactive ketones (excluding diaryl/α,β-unsaturated/α-hetero) is 1. The summed E-state index contributed by atoms with van der Waals surface area (Å²) in [6, 6.07) is 12.7. The monoisotopic (exact) mass is 432 g/mol. The molecule has 2 aromatic carbocycles. The third-order valence-corrected chi connectivity index (χ3v) is 5.34. The van der Waals surface area contributed by atoms with Gasteiger partial charge in [-0.25, -0.2) is 4.39 Å². The number of aromatic amines is 1. The number of benzene rings is 2. The highest BCUT2D eigenvalue weighted by Gasteiger charge is 2.33. The Kier molecular flexibility index (Phi) is 5.40. The lowest BCUT2D eigenvalue weighted by Crippen LogP contribution is -3.00. The van der Waals surface area contributed by atoms with Crippen LogP contribution in [0.2, 0.25) is 0 Å². The van der Waals surface area contributed by atoms with E-state index in [0.29, 0.717) is 16.6 Å². The minimum Gasteiger partial charge on any atom is -1.00 e. The van der Waals surface area contributed by atoms with Crippen molar-refractivity contribution in [3.63, 3.8) is 0 Å². The van der Waals surface area contributed by atoms with Gasteiger partial charge in [-0.15, -0.1) is 0 Å². The number of methoxy groups -OCH3 is 1. The number of fused-ring (bicyclic) bond motifs is 3. The predicted molar refractivity (Wildman–Crippen MR) is 98.9 cm³/mol. The van der Waals surface area contributed by atoms with Crippen LogP contribution in [0, 0.1) is 5.82 Å². The summed E-state index contributed by atoms with van der Waals surface area (Å²) >= 11 is 0. The number of para-hydroxylation sites is 1. The van der Waals surface area contributed by atoms with Crippen LogP contribution in [-0.4, -0.2) is 42.5 Å². The van der Waals surface area contributed by atoms with Gasteiger partial charge in [-0.05, 0) is 24.3 Å². The smallest absolute Gasteiger partial charge is 0.217 e. The van der Waals surface area contributed by atoms with Crippen LogP contribution in [0.15, 0.2) is 42.5 Å². The van der Waals surface area contributed by atoms with Crippen LogP contribution in [-0.2, 0) is 13.0 Å². The molecule has 0 amide bonds. The molecule has 1 N–H and O–H groups in total. The first-order valence-corrected chi connectivity index (χ1v) is 8.78. The average molecular weight is 433 g/mol. The standard InChI is InChI=1S/C21H22FN2O2.BrH/c1-24(13-20(25)14-7-8-21(26-2)17(22)11-14)10-9-19-16(12-24)15-5-3-4-6-18(15)23-19;/h3-8,11,23H,9-10,12-13H2,1-2H3;1H/q+1;/p-1. The molecule has 1 atom stereocenters. The first-order chi connectivity index (χ1) is 12.5. The van der Waals surface area contributed by atoms with Crippen LogP contribution >= 0.6 is 0 Å². The van der Waals surface area contributed by atoms with Crippen molar-refractivity contribution in [2.75, 3.05) is 27.2 Å². The normalized spacial score (nSPS) is 18.6. The van der Waals surface area contributed by atoms with Gasteiger partial charge >= 0.3 is 0 Å². The highest BCUT2D eigenvalue weighted by atomic mass is 79.9. The Bertz CT molecular complexity index is 1000. The van der Waals surface area contributed by atoms with Crippen LogP contribution in [0.3, 0.4) is 0 Å². The molecule has 4 nitrogen and oxygen atoms in total. The molecule has 0 saturated carbocycles. The van der Waals surface area contributed by atoms with E-state index in [2.05, 4.69) is 24.2 Å². The first kappa shape index (κ1) is 19.6. The van der Waals surface area contributed by atoms with Crippen molar-refractivity contribution < 1.29 is 35.4 Å². The fraction of sp³-hybridized carbons (Fsp3) is 0.286. The van der Waals surface area contributed by atoms with Crippen molar-refractivity contribution in [2.24, 2.45) is 0 Å². The molecular formula is C21H22BrFN2O2. The van der Waals surface area contributed by atoms with E-state index >= 15 is 0 Å². The fourth-order valence-electron chi connectivity index (χ4n) is 3.91. The van der Waals surface area contributed by atoms with Gasteiger partial charge < -0.3 is 31.2 Å². The molecule has 1 aliphatic heterocycles. The van der Waals surface area contributed by atoms with Gasteiger partial charge in [0.05, 0.1) is 20.7 Å². The number of hydrogen-bond acceptors (Lipinski definition) is 2. The molecule has 1 aromatic heterocycles. The summed E-state index contributed by atoms with van der Waals surface area (Å²) in [6.07, 6.45) is 0.908. The lowest BCUT2D eigenvalue weighted by Gasteiger charge is -2.37. The molecular weight excluding hydrogens is 411 g/mol. The fourth-order valence-corrected chi connectivity index (χ4v) is 3.91. The van der Waals surface area contributed by atoms with E-state index in [1.165, 1.54) is 35.9 Å². The molecule has 1 aliphatic rings. The molecule has 0 aliphatic carbocycles. The van der Waals surface area contributed by atoms with Crippen molar-refractivity contribution in [3.8, 4) is 5.75 Å². The number of ether oxygens (including phenoxy) is 1. The van der Waals surface area contributed by atoms with Gasteiger partial charge in [-0.3, -0.25) is 4.79 Å². The van der Waals surface area contributed by atoms with Crippen molar-refractivity contribution in [1.29, 1.82) is 0 Å². The lowest BCUT2D eigenvalue weighted by molar-refractivity contribution is -0.916. The first-order valence-electron chi connectivity index (χ1n) is 8.78. The van der Waals surface area contributed by atoms with Crippen molar-refractivity contribution in [3.05, 3.63) is 65.1 Å². The zero-order valence-corrected chi connectivity index (χ0v) is 17.0. The van der Waals surface area contributed by atoms with Gasteiger partial charge in [0, 0.05) is 34.1 Å². The zero-order chi connectivity index (χ0) is 18.3. The Hall–Kier alpha value is -2.18. The third-order valence-electron chi connectivity index (χ3n) is 5.34. The number of ketones is 1. The van der Waals surface area contributed by atoms with Gasteiger partial charge in [0.1, 0.15) is 13.1 Å². The molecule has 142 valence electrons. The number of nitrogens with zero attached hydrogens (tertiary/aromatic N) is 1. The molecule has 0 fully saturated rings. The second-order valence-corrected chi connectivity index (χ2v) is 7.31. The van der Waals surface area contributed by atoms with E-state index in [0.717, 1.165) is 25.0 Å². The zero-order valence-electron chi connectivity index (χ0n) is 15.4. The highest BCUT2D eigenvalue weighted by molar-refractivity contribution is 5.97. The number of nitrogens with one attached hydrogen (secondary N) is 1. The molecule has 2 heterocycles. The van der Waals surface area contributed by atoms with Crippen molar-refractivity contribution in [1.82, 2.24) is 4.98 Å². The summed E-state index contributed by atoms with van der Waals surface area (Å²) in [7, 11) is 3.52. The molecule has 0 bridgehead atoms. The molecule has 6 heteroatoms. The van der Waals surface area contributed by atoms with Crippen LogP contribution in [0.1, 0.15) is 21.6 Å². The highest BCUT2D eigenvalue weighted by Crippen LogP contribution is 2.30. The number of halogens is 2. The minimum atomic E-state index is -0.501. The molecule has 0 spiro atoms. The molecule has 1 unspecified atom stereocenters. The summed E-state index contributed by atoms with van der Waals surface area (Å²) < 4.78 is 19.5. The Labute approximate surface area is 168 Å². The van der Waals surface area contributed by atoms with Gasteiger partial charge in [0.2, 0.25) is 5.78 Å². The maximum Gasteiger partial charge on any atom is 0.217 e. The number of H-pyrrole nitrogens is 1. The number of quaternary nitrogens is 1. The van der Waals surface area contributed by atoms with Crippen LogP contribution < -0.4 is 21.7 Å². The van der Waals surface area contributed by atoms with Crippen LogP contribution in [0.5, 0.6) is 5.75 Å². The van der Waals surface area contributed by atoms with Gasteiger partial charge in [0.25, 0.3) is 0 Å². The Morgan fingerprint density at radius 2 is 2.04 bits per heavy atom. The minimum absolute atomic E-state index is 0. The lowest BCUT2D eigenvalue weighted by atomic mass is 10.0. The topological polar surface area (TPSA) is 42.1 Å². The van der Waals surface area contributed by atoms with E-state index in [1.807, 2.05) is 12.1 Å². The summed E-state index contributed by atoms with van der Waals surface area (Å²) in [4.78, 5) is 16.3. The SMILES string of the molecule is COc1ccc(C(=O)C[N+]2(C)CCc3[nH]c4ccccc4c3C2)cc1F.[Br-]. The van der Waals surface area contributed by atoms with Crippen LogP contribution in [0.4, 0.5) is 4.39 Å². The van der Waals surface area contributed by atoms with E-state index in [1.54, 1.807) is 6.07 Å². The predicted octanol–water partition coefficient (Wildman–Crippen LogP) is 0.705. The maximum atomic E-state index is 13.9. The number of aromatic nitrogens is 1. The third kappa shape index (κ3) is 3.64. The number of likely N-dealkylation sites (N-methyl/N-ethyl adjacent to an activating group) is 1. The summed E-state index contributed by atoms with van der Waals surface area (Å²) in [6.45, 7) is 2.03. The molecule has 27 heavy (non-hydrogen) atoms. The quantitative estimate of drug-likeness (QED) is 0.487. The van der Waals surface area contributed by atoms with E-state index in [4.69, 9.17) is 4.74 Å². The number of carbonyl (C=O) groups excluding carboxylic acids is 1. The molecule has 0 radical (unpaired) electrons. The van der Waals surface area contributed by atoms with E-state index < -0.39 is 5.82 Å². The maximum absolute atomic E-state index is 13.9. The number of rotatable bonds is 4. The van der Waals surface area contributed by atoms with Crippen LogP contribution in [0.25, 0.3) is 10.9 Å².